The summed E-state index contributed by atoms with van der Waals surface area (Å²) in [5.74, 6) is 0.436. The van der Waals surface area contributed by atoms with E-state index >= 15 is 0 Å². The monoisotopic (exact) mass is 245 g/mol. The molecule has 0 spiro atoms. The second kappa shape index (κ2) is 6.14. The summed E-state index contributed by atoms with van der Waals surface area (Å²) in [6.45, 7) is 5.39. The molecule has 2 atom stereocenters. The first-order valence-electron chi connectivity index (χ1n) is 7.07. The second-order valence-corrected chi connectivity index (χ2v) is 5.20. The Morgan fingerprint density at radius 1 is 1.39 bits per heavy atom. The second-order valence-electron chi connectivity index (χ2n) is 5.20. The first-order chi connectivity index (χ1) is 8.74. The maximum atomic E-state index is 12.1. The molecule has 0 N–H and O–H groups in total. The van der Waals surface area contributed by atoms with E-state index in [1.54, 1.807) is 0 Å². The van der Waals surface area contributed by atoms with Gasteiger partial charge in [-0.25, -0.2) is 0 Å². The average Bonchev–Trinajstić information content (AvgIpc) is 2.36. The van der Waals surface area contributed by atoms with Crippen molar-refractivity contribution in [3.8, 4) is 0 Å². The number of carbonyl (C=O) groups excluding carboxylic acids is 1. The number of benzene rings is 1. The van der Waals surface area contributed by atoms with E-state index in [0.29, 0.717) is 11.8 Å². The predicted molar refractivity (Wildman–Crippen MR) is 74.5 cm³/mol. The minimum atomic E-state index is 0.173. The molecule has 18 heavy (non-hydrogen) atoms. The lowest BCUT2D eigenvalue weighted by molar-refractivity contribution is -0.130. The Morgan fingerprint density at radius 3 is 2.67 bits per heavy atom. The van der Waals surface area contributed by atoms with Crippen molar-refractivity contribution in [1.29, 1.82) is 0 Å². The lowest BCUT2D eigenvalue weighted by Crippen LogP contribution is -2.53. The van der Waals surface area contributed by atoms with Gasteiger partial charge in [0.2, 0.25) is 0 Å². The molecule has 2 nitrogen and oxygen atoms in total. The third-order valence-corrected chi connectivity index (χ3v) is 3.99. The van der Waals surface area contributed by atoms with Crippen molar-refractivity contribution in [2.75, 3.05) is 6.54 Å². The molecule has 98 valence electrons. The van der Waals surface area contributed by atoms with Crippen molar-refractivity contribution in [3.63, 3.8) is 0 Å². The van der Waals surface area contributed by atoms with E-state index < -0.39 is 0 Å². The SMILES string of the molecule is CCCCC(=O)[C@H]1CCN1[C@H](C)c1ccccc1. The van der Waals surface area contributed by atoms with Gasteiger partial charge in [-0.2, -0.15) is 0 Å². The molecular weight excluding hydrogens is 222 g/mol. The fourth-order valence-corrected chi connectivity index (χ4v) is 2.66. The lowest BCUT2D eigenvalue weighted by Gasteiger charge is -2.44. The lowest BCUT2D eigenvalue weighted by atomic mass is 9.91. The van der Waals surface area contributed by atoms with Gasteiger partial charge in [-0.3, -0.25) is 9.69 Å². The molecule has 1 heterocycles. The third kappa shape index (κ3) is 2.81. The zero-order valence-corrected chi connectivity index (χ0v) is 11.4. The molecule has 0 aromatic heterocycles. The molecule has 1 fully saturated rings. The van der Waals surface area contributed by atoms with Crippen molar-refractivity contribution >= 4 is 5.78 Å². The first kappa shape index (κ1) is 13.3. The van der Waals surface area contributed by atoms with Crippen molar-refractivity contribution in [2.45, 2.75) is 51.6 Å². The first-order valence-corrected chi connectivity index (χ1v) is 7.07. The van der Waals surface area contributed by atoms with Crippen molar-refractivity contribution in [3.05, 3.63) is 35.9 Å². The molecule has 0 unspecified atom stereocenters. The zero-order valence-electron chi connectivity index (χ0n) is 11.4. The number of unbranched alkanes of at least 4 members (excludes halogenated alkanes) is 1. The van der Waals surface area contributed by atoms with Crippen LogP contribution in [0.4, 0.5) is 0 Å². The molecule has 0 bridgehead atoms. The number of rotatable bonds is 6. The Hall–Kier alpha value is -1.15. The number of Topliss-reactive ketones (excluding diaryl/α,β-unsaturated/α-hetero) is 1. The van der Waals surface area contributed by atoms with E-state index in [0.717, 1.165) is 32.2 Å². The van der Waals surface area contributed by atoms with Crippen LogP contribution in [0.2, 0.25) is 0 Å². The highest BCUT2D eigenvalue weighted by Gasteiger charge is 2.36. The highest BCUT2D eigenvalue weighted by Crippen LogP contribution is 2.31. The highest BCUT2D eigenvalue weighted by atomic mass is 16.1. The van der Waals surface area contributed by atoms with Crippen molar-refractivity contribution < 1.29 is 4.79 Å². The van der Waals surface area contributed by atoms with Crippen LogP contribution in [-0.2, 0) is 4.79 Å². The van der Waals surface area contributed by atoms with Gasteiger partial charge in [0.25, 0.3) is 0 Å². The van der Waals surface area contributed by atoms with Gasteiger partial charge < -0.3 is 0 Å². The Bertz CT molecular complexity index is 387. The molecule has 1 aliphatic heterocycles. The number of ketones is 1. The molecule has 1 aromatic rings. The summed E-state index contributed by atoms with van der Waals surface area (Å²) in [5, 5.41) is 0. The van der Waals surface area contributed by atoms with Crippen LogP contribution in [0.25, 0.3) is 0 Å². The molecule has 2 heteroatoms. The topological polar surface area (TPSA) is 20.3 Å². The fraction of sp³-hybridized carbons (Fsp3) is 0.562. The van der Waals surface area contributed by atoms with Crippen molar-refractivity contribution in [1.82, 2.24) is 4.90 Å². The van der Waals surface area contributed by atoms with Crippen LogP contribution in [0.1, 0.15) is 51.1 Å². The summed E-state index contributed by atoms with van der Waals surface area (Å²) < 4.78 is 0. The van der Waals surface area contributed by atoms with Crippen molar-refractivity contribution in [2.24, 2.45) is 0 Å². The maximum absolute atomic E-state index is 12.1. The van der Waals surface area contributed by atoms with Gasteiger partial charge in [0.05, 0.1) is 6.04 Å². The van der Waals surface area contributed by atoms with Gasteiger partial charge in [-0.1, -0.05) is 43.7 Å². The molecule has 0 amide bonds. The molecule has 2 rings (SSSR count). The molecule has 0 saturated carbocycles. The Kier molecular flexibility index (Phi) is 4.54. The summed E-state index contributed by atoms with van der Waals surface area (Å²) in [6.07, 6.45) is 3.93. The van der Waals surface area contributed by atoms with Gasteiger partial charge in [0, 0.05) is 19.0 Å². The average molecular weight is 245 g/mol. The van der Waals surface area contributed by atoms with Crippen LogP contribution in [0.5, 0.6) is 0 Å². The van der Waals surface area contributed by atoms with Crippen LogP contribution in [0, 0.1) is 0 Å². The number of hydrogen-bond acceptors (Lipinski definition) is 2. The number of likely N-dealkylation sites (tertiary alicyclic amines) is 1. The van der Waals surface area contributed by atoms with Crippen LogP contribution in [0.3, 0.4) is 0 Å². The Balaban J connectivity index is 1.95. The Morgan fingerprint density at radius 2 is 2.11 bits per heavy atom. The minimum absolute atomic E-state index is 0.173. The number of hydrogen-bond donors (Lipinski definition) is 0. The minimum Gasteiger partial charge on any atom is -0.298 e. The van der Waals surface area contributed by atoms with E-state index in [9.17, 15) is 4.79 Å². The van der Waals surface area contributed by atoms with Crippen LogP contribution >= 0.6 is 0 Å². The summed E-state index contributed by atoms with van der Waals surface area (Å²) in [6, 6.07) is 11.0. The van der Waals surface area contributed by atoms with E-state index in [-0.39, 0.29) is 6.04 Å². The maximum Gasteiger partial charge on any atom is 0.150 e. The smallest absolute Gasteiger partial charge is 0.150 e. The van der Waals surface area contributed by atoms with Crippen LogP contribution in [-0.4, -0.2) is 23.3 Å². The van der Waals surface area contributed by atoms with E-state index in [1.165, 1.54) is 5.56 Å². The number of nitrogens with zero attached hydrogens (tertiary/aromatic N) is 1. The summed E-state index contributed by atoms with van der Waals surface area (Å²) in [4.78, 5) is 14.4. The number of carbonyl (C=O) groups is 1. The summed E-state index contributed by atoms with van der Waals surface area (Å²) in [5.41, 5.74) is 1.31. The van der Waals surface area contributed by atoms with Gasteiger partial charge in [-0.15, -0.1) is 0 Å². The normalized spacial score (nSPS) is 21.3. The summed E-state index contributed by atoms with van der Waals surface area (Å²) in [7, 11) is 0. The van der Waals surface area contributed by atoms with Crippen LogP contribution < -0.4 is 0 Å². The zero-order chi connectivity index (χ0) is 13.0. The van der Waals surface area contributed by atoms with E-state index in [1.807, 2.05) is 6.07 Å². The highest BCUT2D eigenvalue weighted by molar-refractivity contribution is 5.84. The largest absolute Gasteiger partial charge is 0.298 e. The van der Waals surface area contributed by atoms with Gasteiger partial charge in [-0.05, 0) is 25.3 Å². The van der Waals surface area contributed by atoms with Gasteiger partial charge >= 0.3 is 0 Å². The Labute approximate surface area is 110 Å². The van der Waals surface area contributed by atoms with E-state index in [4.69, 9.17) is 0 Å². The molecule has 1 aliphatic rings. The fourth-order valence-electron chi connectivity index (χ4n) is 2.66. The standard InChI is InChI=1S/C16H23NO/c1-3-4-10-16(18)15-11-12-17(15)13(2)14-8-6-5-7-9-14/h5-9,13,15H,3-4,10-12H2,1-2H3/t13-,15-/m1/s1. The molecule has 0 radical (unpaired) electrons. The predicted octanol–water partition coefficient (Wildman–Crippen LogP) is 3.58. The van der Waals surface area contributed by atoms with Gasteiger partial charge in [0.1, 0.15) is 5.78 Å². The molecule has 1 aromatic carbocycles. The van der Waals surface area contributed by atoms with E-state index in [2.05, 4.69) is 43.0 Å². The quantitative estimate of drug-likeness (QED) is 0.763. The van der Waals surface area contributed by atoms with Crippen LogP contribution in [0.15, 0.2) is 30.3 Å². The molecular formula is C16H23NO. The third-order valence-electron chi connectivity index (χ3n) is 3.99. The molecule has 0 aliphatic carbocycles. The summed E-state index contributed by atoms with van der Waals surface area (Å²) >= 11 is 0. The van der Waals surface area contributed by atoms with Gasteiger partial charge in [0.15, 0.2) is 0 Å². The molecule has 1 saturated heterocycles.